The van der Waals surface area contributed by atoms with Gasteiger partial charge in [0, 0.05) is 6.07 Å². The fraction of sp³-hybridized carbons (Fsp3) is 0.222. The van der Waals surface area contributed by atoms with E-state index in [-0.39, 0.29) is 5.75 Å². The van der Waals surface area contributed by atoms with Gasteiger partial charge in [-0.05, 0) is 12.1 Å². The molecule has 0 saturated carbocycles. The monoisotopic (exact) mass is 229 g/mol. The molecule has 0 aromatic heterocycles. The molecule has 0 saturated heterocycles. The first-order valence-corrected chi connectivity index (χ1v) is 5.59. The van der Waals surface area contributed by atoms with E-state index in [1.54, 1.807) is 0 Å². The normalized spacial score (nSPS) is 10.7. The van der Waals surface area contributed by atoms with E-state index >= 15 is 0 Å². The van der Waals surface area contributed by atoms with Gasteiger partial charge in [-0.25, -0.2) is 12.8 Å². The van der Waals surface area contributed by atoms with Crippen molar-refractivity contribution in [3.8, 4) is 11.8 Å². The number of halogens is 1. The van der Waals surface area contributed by atoms with Crippen molar-refractivity contribution in [1.29, 1.82) is 5.26 Å². The maximum Gasteiger partial charge on any atom is 0.194 e. The lowest BCUT2D eigenvalue weighted by Crippen LogP contribution is -2.07. The second-order valence-electron chi connectivity index (χ2n) is 2.71. The van der Waals surface area contributed by atoms with E-state index in [0.29, 0.717) is 0 Å². The van der Waals surface area contributed by atoms with Gasteiger partial charge in [0.1, 0.15) is 22.2 Å². The molecule has 0 unspecified atom stereocenters. The molecule has 1 rings (SSSR count). The lowest BCUT2D eigenvalue weighted by Gasteiger charge is -2.04. The molecule has 6 heteroatoms. The molecule has 4 nitrogen and oxygen atoms in total. The SMILES string of the molecule is COc1ccc(S(=O)(=O)CC#N)c(F)c1. The average Bonchev–Trinajstić information content (AvgIpc) is 2.17. The van der Waals surface area contributed by atoms with E-state index in [0.717, 1.165) is 12.1 Å². The molecule has 0 amide bonds. The molecule has 1 aromatic carbocycles. The quantitative estimate of drug-likeness (QED) is 0.779. The molecule has 0 heterocycles. The van der Waals surface area contributed by atoms with Crippen LogP contribution in [-0.4, -0.2) is 21.3 Å². The topological polar surface area (TPSA) is 67.2 Å². The van der Waals surface area contributed by atoms with E-state index in [9.17, 15) is 12.8 Å². The molecule has 0 aliphatic carbocycles. The molecule has 80 valence electrons. The fourth-order valence-electron chi connectivity index (χ4n) is 1.02. The van der Waals surface area contributed by atoms with E-state index in [4.69, 9.17) is 10.00 Å². The lowest BCUT2D eigenvalue weighted by atomic mass is 10.3. The van der Waals surface area contributed by atoms with Crippen LogP contribution >= 0.6 is 0 Å². The Morgan fingerprint density at radius 1 is 1.53 bits per heavy atom. The van der Waals surface area contributed by atoms with Crippen molar-refractivity contribution in [2.75, 3.05) is 12.9 Å². The Kier molecular flexibility index (Phi) is 3.27. The van der Waals surface area contributed by atoms with Gasteiger partial charge in [0.05, 0.1) is 13.2 Å². The largest absolute Gasteiger partial charge is 0.497 e. The minimum absolute atomic E-state index is 0.225. The molecule has 0 N–H and O–H groups in total. The Morgan fingerprint density at radius 3 is 2.67 bits per heavy atom. The predicted molar refractivity (Wildman–Crippen MR) is 50.6 cm³/mol. The number of rotatable bonds is 3. The summed E-state index contributed by atoms with van der Waals surface area (Å²) in [4.78, 5) is -0.482. The summed E-state index contributed by atoms with van der Waals surface area (Å²) in [6, 6.07) is 4.85. The van der Waals surface area contributed by atoms with Gasteiger partial charge in [-0.3, -0.25) is 0 Å². The first-order valence-electron chi connectivity index (χ1n) is 3.94. The van der Waals surface area contributed by atoms with Crippen molar-refractivity contribution in [2.24, 2.45) is 0 Å². The minimum atomic E-state index is -3.86. The van der Waals surface area contributed by atoms with Crippen molar-refractivity contribution in [1.82, 2.24) is 0 Å². The Balaban J connectivity index is 3.24. The van der Waals surface area contributed by atoms with Gasteiger partial charge < -0.3 is 4.74 Å². The molecule has 0 spiro atoms. The highest BCUT2D eigenvalue weighted by molar-refractivity contribution is 7.91. The summed E-state index contributed by atoms with van der Waals surface area (Å²) in [5.74, 6) is -1.43. The van der Waals surface area contributed by atoms with Gasteiger partial charge in [0.25, 0.3) is 0 Å². The number of ether oxygens (including phenoxy) is 1. The van der Waals surface area contributed by atoms with Crippen LogP contribution < -0.4 is 4.74 Å². The van der Waals surface area contributed by atoms with Crippen LogP contribution in [0.4, 0.5) is 4.39 Å². The van der Waals surface area contributed by atoms with Crippen LogP contribution in [0.1, 0.15) is 0 Å². The van der Waals surface area contributed by atoms with Gasteiger partial charge >= 0.3 is 0 Å². The van der Waals surface area contributed by atoms with Crippen LogP contribution in [-0.2, 0) is 9.84 Å². The predicted octanol–water partition coefficient (Wildman–Crippen LogP) is 1.13. The molecule has 0 aliphatic rings. The van der Waals surface area contributed by atoms with Crippen molar-refractivity contribution in [3.63, 3.8) is 0 Å². The number of hydrogen-bond acceptors (Lipinski definition) is 4. The first kappa shape index (κ1) is 11.5. The van der Waals surface area contributed by atoms with Gasteiger partial charge in [0.15, 0.2) is 9.84 Å². The van der Waals surface area contributed by atoms with Gasteiger partial charge in [0.2, 0.25) is 0 Å². The fourth-order valence-corrected chi connectivity index (χ4v) is 1.98. The molecule has 0 radical (unpaired) electrons. The zero-order valence-electron chi connectivity index (χ0n) is 7.90. The van der Waals surface area contributed by atoms with Crippen molar-refractivity contribution in [2.45, 2.75) is 4.90 Å². The maximum atomic E-state index is 13.3. The molecular weight excluding hydrogens is 221 g/mol. The highest BCUT2D eigenvalue weighted by atomic mass is 32.2. The zero-order chi connectivity index (χ0) is 11.5. The smallest absolute Gasteiger partial charge is 0.194 e. The van der Waals surface area contributed by atoms with Gasteiger partial charge in [-0.1, -0.05) is 0 Å². The number of nitriles is 1. The molecule has 0 bridgehead atoms. The molecular formula is C9H8FNO3S. The standard InChI is InChI=1S/C9H8FNO3S/c1-14-7-2-3-9(8(10)6-7)15(12,13)5-4-11/h2-3,6H,5H2,1H3. The molecule has 0 aliphatic heterocycles. The van der Waals surface area contributed by atoms with Crippen LogP contribution in [0, 0.1) is 17.1 Å². The van der Waals surface area contributed by atoms with Crippen LogP contribution in [0.15, 0.2) is 23.1 Å². The summed E-state index contributed by atoms with van der Waals surface area (Å²) in [6.07, 6.45) is 0. The summed E-state index contributed by atoms with van der Waals surface area (Å²) in [5, 5.41) is 8.28. The van der Waals surface area contributed by atoms with E-state index in [2.05, 4.69) is 0 Å². The van der Waals surface area contributed by atoms with Crippen LogP contribution in [0.2, 0.25) is 0 Å². The summed E-state index contributed by atoms with van der Waals surface area (Å²) >= 11 is 0. The van der Waals surface area contributed by atoms with Gasteiger partial charge in [-0.15, -0.1) is 0 Å². The van der Waals surface area contributed by atoms with E-state index in [1.165, 1.54) is 19.2 Å². The average molecular weight is 229 g/mol. The second kappa shape index (κ2) is 4.28. The second-order valence-corrected chi connectivity index (χ2v) is 4.67. The number of hydrogen-bond donors (Lipinski definition) is 0. The van der Waals surface area contributed by atoms with E-state index < -0.39 is 26.3 Å². The van der Waals surface area contributed by atoms with Crippen molar-refractivity contribution >= 4 is 9.84 Å². The summed E-state index contributed by atoms with van der Waals surface area (Å²) < 4.78 is 40.7. The van der Waals surface area contributed by atoms with Crippen LogP contribution in [0.25, 0.3) is 0 Å². The Hall–Kier alpha value is -1.61. The highest BCUT2D eigenvalue weighted by Gasteiger charge is 2.19. The van der Waals surface area contributed by atoms with E-state index in [1.807, 2.05) is 0 Å². The summed E-state index contributed by atoms with van der Waals surface area (Å²) in [6.45, 7) is 0. The number of nitrogens with zero attached hydrogens (tertiary/aromatic N) is 1. The van der Waals surface area contributed by atoms with Crippen molar-refractivity contribution < 1.29 is 17.5 Å². The third-order valence-corrected chi connectivity index (χ3v) is 3.24. The minimum Gasteiger partial charge on any atom is -0.497 e. The molecule has 0 fully saturated rings. The van der Waals surface area contributed by atoms with Crippen molar-refractivity contribution in [3.05, 3.63) is 24.0 Å². The number of benzene rings is 1. The zero-order valence-corrected chi connectivity index (χ0v) is 8.71. The maximum absolute atomic E-state index is 13.3. The van der Waals surface area contributed by atoms with Gasteiger partial charge in [-0.2, -0.15) is 5.26 Å². The molecule has 0 atom stereocenters. The first-order chi connectivity index (χ1) is 7.01. The molecule has 15 heavy (non-hydrogen) atoms. The molecule has 1 aromatic rings. The third-order valence-electron chi connectivity index (χ3n) is 1.73. The third kappa shape index (κ3) is 2.44. The van der Waals surface area contributed by atoms with Crippen LogP contribution in [0.3, 0.4) is 0 Å². The Labute approximate surface area is 86.8 Å². The summed E-state index contributed by atoms with van der Waals surface area (Å²) in [7, 11) is -2.51. The Bertz CT molecular complexity index is 505. The lowest BCUT2D eigenvalue weighted by molar-refractivity contribution is 0.410. The summed E-state index contributed by atoms with van der Waals surface area (Å²) in [5.41, 5.74) is 0. The number of methoxy groups -OCH3 is 1. The number of sulfone groups is 1. The highest BCUT2D eigenvalue weighted by Crippen LogP contribution is 2.20. The Morgan fingerprint density at radius 2 is 2.20 bits per heavy atom. The van der Waals surface area contributed by atoms with Crippen LogP contribution in [0.5, 0.6) is 5.75 Å².